The van der Waals surface area contributed by atoms with E-state index in [9.17, 15) is 9.59 Å². The number of carboxylic acids is 1. The van der Waals surface area contributed by atoms with Crippen LogP contribution in [-0.2, 0) is 0 Å². The van der Waals surface area contributed by atoms with Crippen molar-refractivity contribution in [1.82, 2.24) is 14.8 Å². The number of hydrogen-bond acceptors (Lipinski definition) is 4. The average molecular weight is 263 g/mol. The summed E-state index contributed by atoms with van der Waals surface area (Å²) in [5, 5.41) is 9.09. The largest absolute Gasteiger partial charge is 0.478 e. The maximum Gasteiger partial charge on any atom is 0.338 e. The van der Waals surface area contributed by atoms with E-state index in [2.05, 4.69) is 9.88 Å². The molecule has 1 aliphatic heterocycles. The van der Waals surface area contributed by atoms with Gasteiger partial charge in [-0.3, -0.25) is 9.78 Å². The van der Waals surface area contributed by atoms with Crippen LogP contribution in [0.2, 0.25) is 0 Å². The van der Waals surface area contributed by atoms with Gasteiger partial charge in [0.05, 0.1) is 11.1 Å². The molecule has 1 fully saturated rings. The predicted molar refractivity (Wildman–Crippen MR) is 69.2 cm³/mol. The molecule has 2 heterocycles. The molecule has 1 atom stereocenters. The van der Waals surface area contributed by atoms with E-state index in [-0.39, 0.29) is 23.1 Å². The number of likely N-dealkylation sites (N-methyl/N-ethyl adjacent to an activating group) is 1. The lowest BCUT2D eigenvalue weighted by atomic mass is 10.1. The number of hydrogen-bond donors (Lipinski definition) is 1. The molecular weight excluding hydrogens is 246 g/mol. The average Bonchev–Trinajstić information content (AvgIpc) is 2.41. The maximum atomic E-state index is 12.4. The number of carbonyl (C=O) groups is 2. The summed E-state index contributed by atoms with van der Waals surface area (Å²) in [6.45, 7) is 4.06. The second-order valence-corrected chi connectivity index (χ2v) is 4.81. The van der Waals surface area contributed by atoms with Crippen LogP contribution in [0.15, 0.2) is 18.5 Å². The molecular formula is C13H17N3O3. The third-order valence-electron chi connectivity index (χ3n) is 3.53. The van der Waals surface area contributed by atoms with Crippen LogP contribution in [0.4, 0.5) is 0 Å². The van der Waals surface area contributed by atoms with E-state index in [0.717, 1.165) is 6.54 Å². The van der Waals surface area contributed by atoms with Crippen LogP contribution in [0.3, 0.4) is 0 Å². The van der Waals surface area contributed by atoms with E-state index in [0.29, 0.717) is 13.1 Å². The summed E-state index contributed by atoms with van der Waals surface area (Å²) in [6, 6.07) is 1.74. The first-order chi connectivity index (χ1) is 9.00. The molecule has 1 aromatic heterocycles. The summed E-state index contributed by atoms with van der Waals surface area (Å²) in [7, 11) is 2.02. The van der Waals surface area contributed by atoms with Gasteiger partial charge in [-0.05, 0) is 20.0 Å². The number of aromatic carboxylic acids is 1. The number of carbonyl (C=O) groups excluding carboxylic acids is 1. The van der Waals surface area contributed by atoms with Gasteiger partial charge in [0.2, 0.25) is 0 Å². The Kier molecular flexibility index (Phi) is 3.80. The van der Waals surface area contributed by atoms with Crippen molar-refractivity contribution < 1.29 is 14.7 Å². The molecule has 19 heavy (non-hydrogen) atoms. The summed E-state index contributed by atoms with van der Waals surface area (Å²) < 4.78 is 0. The van der Waals surface area contributed by atoms with E-state index in [1.807, 2.05) is 14.0 Å². The predicted octanol–water partition coefficient (Wildman–Crippen LogP) is 0.556. The zero-order valence-electron chi connectivity index (χ0n) is 11.0. The molecule has 1 saturated heterocycles. The zero-order chi connectivity index (χ0) is 14.0. The quantitative estimate of drug-likeness (QED) is 0.843. The third-order valence-corrected chi connectivity index (χ3v) is 3.53. The summed E-state index contributed by atoms with van der Waals surface area (Å²) in [5.41, 5.74) is 0.165. The van der Waals surface area contributed by atoms with Gasteiger partial charge in [0.1, 0.15) is 0 Å². The Labute approximate surface area is 111 Å². The molecule has 6 heteroatoms. The second-order valence-electron chi connectivity index (χ2n) is 4.81. The van der Waals surface area contributed by atoms with Gasteiger partial charge in [-0.1, -0.05) is 0 Å². The van der Waals surface area contributed by atoms with Crippen LogP contribution in [0.1, 0.15) is 27.6 Å². The molecule has 0 spiro atoms. The van der Waals surface area contributed by atoms with Gasteiger partial charge >= 0.3 is 5.97 Å². The number of piperazine rings is 1. The van der Waals surface area contributed by atoms with Crippen LogP contribution in [0.5, 0.6) is 0 Å². The van der Waals surface area contributed by atoms with E-state index < -0.39 is 5.97 Å². The van der Waals surface area contributed by atoms with Gasteiger partial charge in [-0.15, -0.1) is 0 Å². The van der Waals surface area contributed by atoms with E-state index >= 15 is 0 Å². The summed E-state index contributed by atoms with van der Waals surface area (Å²) in [6.07, 6.45) is 2.66. The number of carboxylic acid groups (broad SMARTS) is 1. The van der Waals surface area contributed by atoms with Gasteiger partial charge in [0.25, 0.3) is 5.91 Å². The van der Waals surface area contributed by atoms with Crippen LogP contribution in [0.25, 0.3) is 0 Å². The highest BCUT2D eigenvalue weighted by atomic mass is 16.4. The first kappa shape index (κ1) is 13.5. The SMILES string of the molecule is CC1CN(C(=O)c2ccncc2C(=O)O)CCN1C. The van der Waals surface area contributed by atoms with Crippen LogP contribution >= 0.6 is 0 Å². The molecule has 1 aliphatic rings. The van der Waals surface area contributed by atoms with Crippen LogP contribution in [-0.4, -0.2) is 64.5 Å². The Balaban J connectivity index is 2.23. The molecule has 0 aromatic carbocycles. The van der Waals surface area contributed by atoms with Gasteiger partial charge in [-0.25, -0.2) is 4.79 Å². The van der Waals surface area contributed by atoms with Gasteiger partial charge < -0.3 is 14.9 Å². The van der Waals surface area contributed by atoms with Crippen molar-refractivity contribution in [1.29, 1.82) is 0 Å². The Morgan fingerprint density at radius 3 is 2.74 bits per heavy atom. The van der Waals surface area contributed by atoms with Crippen molar-refractivity contribution in [2.45, 2.75) is 13.0 Å². The summed E-state index contributed by atoms with van der Waals surface area (Å²) >= 11 is 0. The fourth-order valence-corrected chi connectivity index (χ4v) is 2.15. The van der Waals surface area contributed by atoms with Crippen molar-refractivity contribution in [3.05, 3.63) is 29.6 Å². The number of amides is 1. The lowest BCUT2D eigenvalue weighted by Crippen LogP contribution is -2.52. The molecule has 102 valence electrons. The third kappa shape index (κ3) is 2.73. The molecule has 1 unspecified atom stereocenters. The normalized spacial score (nSPS) is 20.3. The highest BCUT2D eigenvalue weighted by Crippen LogP contribution is 2.14. The number of nitrogens with zero attached hydrogens (tertiary/aromatic N) is 3. The van der Waals surface area contributed by atoms with E-state index in [4.69, 9.17) is 5.11 Å². The fourth-order valence-electron chi connectivity index (χ4n) is 2.15. The van der Waals surface area contributed by atoms with Crippen molar-refractivity contribution in [2.75, 3.05) is 26.7 Å². The molecule has 0 bridgehead atoms. The van der Waals surface area contributed by atoms with Crippen molar-refractivity contribution in [3.63, 3.8) is 0 Å². The minimum Gasteiger partial charge on any atom is -0.478 e. The number of pyridine rings is 1. The highest BCUT2D eigenvalue weighted by Gasteiger charge is 2.27. The van der Waals surface area contributed by atoms with Gasteiger partial charge in [0, 0.05) is 38.1 Å². The molecule has 1 N–H and O–H groups in total. The number of rotatable bonds is 2. The Morgan fingerprint density at radius 1 is 1.37 bits per heavy atom. The van der Waals surface area contributed by atoms with E-state index in [1.165, 1.54) is 18.5 Å². The minimum atomic E-state index is -1.13. The molecule has 0 aliphatic carbocycles. The molecule has 1 aromatic rings. The van der Waals surface area contributed by atoms with Crippen LogP contribution < -0.4 is 0 Å². The van der Waals surface area contributed by atoms with E-state index in [1.54, 1.807) is 4.90 Å². The monoisotopic (exact) mass is 263 g/mol. The lowest BCUT2D eigenvalue weighted by molar-refractivity contribution is 0.0560. The summed E-state index contributed by atoms with van der Waals surface area (Å²) in [5.74, 6) is -1.36. The van der Waals surface area contributed by atoms with Crippen molar-refractivity contribution >= 4 is 11.9 Å². The van der Waals surface area contributed by atoms with Gasteiger partial charge in [-0.2, -0.15) is 0 Å². The summed E-state index contributed by atoms with van der Waals surface area (Å²) in [4.78, 5) is 31.1. The minimum absolute atomic E-state index is 0.0425. The maximum absolute atomic E-state index is 12.4. The zero-order valence-corrected chi connectivity index (χ0v) is 11.0. The van der Waals surface area contributed by atoms with Crippen molar-refractivity contribution in [3.8, 4) is 0 Å². The molecule has 6 nitrogen and oxygen atoms in total. The lowest BCUT2D eigenvalue weighted by Gasteiger charge is -2.37. The fraction of sp³-hybridized carbons (Fsp3) is 0.462. The van der Waals surface area contributed by atoms with Crippen LogP contribution in [0, 0.1) is 0 Å². The first-order valence-electron chi connectivity index (χ1n) is 6.17. The Bertz CT molecular complexity index is 504. The molecule has 0 radical (unpaired) electrons. The number of aromatic nitrogens is 1. The standard InChI is InChI=1S/C13H17N3O3/c1-9-8-16(6-5-15(9)2)12(17)10-3-4-14-7-11(10)13(18)19/h3-4,7,9H,5-6,8H2,1-2H3,(H,18,19). The van der Waals surface area contributed by atoms with Crippen molar-refractivity contribution in [2.24, 2.45) is 0 Å². The first-order valence-corrected chi connectivity index (χ1v) is 6.17. The Hall–Kier alpha value is -1.95. The molecule has 2 rings (SSSR count). The second kappa shape index (κ2) is 5.36. The van der Waals surface area contributed by atoms with Gasteiger partial charge in [0.15, 0.2) is 0 Å². The Morgan fingerprint density at radius 2 is 2.11 bits per heavy atom. The molecule has 0 saturated carbocycles. The highest BCUT2D eigenvalue weighted by molar-refractivity contribution is 6.04. The topological polar surface area (TPSA) is 73.7 Å². The smallest absolute Gasteiger partial charge is 0.338 e. The molecule has 1 amide bonds.